The predicted octanol–water partition coefficient (Wildman–Crippen LogP) is 9.04. The SMILES string of the molecule is CC1C(C2=CCC(F)(C(=O)OCc3ccccc3)CC2)=CCC2(C)C1CCC1(C)C2CCC2[C@H]3CCCC3(NCCC3(O)COC3)CC[C@]21C. The molecule has 5 nitrogen and oxygen atoms in total. The lowest BCUT2D eigenvalue weighted by Gasteiger charge is -2.71. The van der Waals surface area contributed by atoms with Crippen molar-refractivity contribution in [2.45, 2.75) is 141 Å². The Balaban J connectivity index is 0.958. The number of aliphatic hydroxyl groups is 1. The molecule has 6 heteroatoms. The lowest BCUT2D eigenvalue weighted by atomic mass is 9.34. The van der Waals surface area contributed by atoms with Crippen LogP contribution in [0.15, 0.2) is 53.6 Å². The number of carbonyl (C=O) groups is 1. The summed E-state index contributed by atoms with van der Waals surface area (Å²) in [4.78, 5) is 12.9. The highest BCUT2D eigenvalue weighted by atomic mass is 19.1. The first-order valence-corrected chi connectivity index (χ1v) is 20.2. The van der Waals surface area contributed by atoms with Gasteiger partial charge < -0.3 is 19.9 Å². The summed E-state index contributed by atoms with van der Waals surface area (Å²) < 4.78 is 26.7. The Morgan fingerprint density at radius 3 is 2.44 bits per heavy atom. The number of ether oxygens (including phenoxy) is 2. The molecule has 8 unspecified atom stereocenters. The average molecular weight is 688 g/mol. The zero-order chi connectivity index (χ0) is 35.0. The minimum absolute atomic E-state index is 0.106. The van der Waals surface area contributed by atoms with Crippen molar-refractivity contribution in [3.05, 3.63) is 59.2 Å². The smallest absolute Gasteiger partial charge is 0.344 e. The van der Waals surface area contributed by atoms with Gasteiger partial charge in [0.2, 0.25) is 5.67 Å². The molecule has 4 saturated carbocycles. The molecule has 0 aromatic heterocycles. The number of allylic oxidation sites excluding steroid dienone is 4. The van der Waals surface area contributed by atoms with Crippen LogP contribution in [0, 0.1) is 45.8 Å². The van der Waals surface area contributed by atoms with E-state index in [1.165, 1.54) is 68.9 Å². The topological polar surface area (TPSA) is 67.8 Å². The maximum absolute atomic E-state index is 15.9. The fourth-order valence-corrected chi connectivity index (χ4v) is 13.7. The lowest BCUT2D eigenvalue weighted by molar-refractivity contribution is -0.213. The van der Waals surface area contributed by atoms with E-state index in [1.807, 2.05) is 36.4 Å². The first-order valence-electron chi connectivity index (χ1n) is 20.2. The Morgan fingerprint density at radius 1 is 0.920 bits per heavy atom. The lowest BCUT2D eigenvalue weighted by Crippen LogP contribution is -2.67. The highest BCUT2D eigenvalue weighted by Gasteiger charge is 2.68. The van der Waals surface area contributed by atoms with Crippen LogP contribution in [0.3, 0.4) is 0 Å². The van der Waals surface area contributed by atoms with E-state index in [-0.39, 0.29) is 30.4 Å². The van der Waals surface area contributed by atoms with Crippen LogP contribution in [0.5, 0.6) is 0 Å². The number of fused-ring (bicyclic) bond motifs is 7. The summed E-state index contributed by atoms with van der Waals surface area (Å²) in [6.07, 6.45) is 19.2. The fourth-order valence-electron chi connectivity index (χ4n) is 13.7. The number of alkyl halides is 1. The van der Waals surface area contributed by atoms with Crippen molar-refractivity contribution in [2.24, 2.45) is 45.8 Å². The molecule has 0 bridgehead atoms. The van der Waals surface area contributed by atoms with Crippen LogP contribution in [-0.4, -0.2) is 47.6 Å². The summed E-state index contributed by atoms with van der Waals surface area (Å²) in [5.74, 6) is 2.57. The zero-order valence-electron chi connectivity index (χ0n) is 31.2. The Labute approximate surface area is 300 Å². The number of nitrogens with one attached hydrogen (secondary N) is 1. The van der Waals surface area contributed by atoms with Gasteiger partial charge in [0.15, 0.2) is 0 Å². The van der Waals surface area contributed by atoms with Crippen LogP contribution >= 0.6 is 0 Å². The van der Waals surface area contributed by atoms with E-state index in [2.05, 4.69) is 39.1 Å². The Bertz CT molecular complexity index is 1520. The second-order valence-electron chi connectivity index (χ2n) is 18.9. The summed E-state index contributed by atoms with van der Waals surface area (Å²) >= 11 is 0. The summed E-state index contributed by atoms with van der Waals surface area (Å²) in [7, 11) is 0. The number of hydrogen-bond donors (Lipinski definition) is 2. The van der Waals surface area contributed by atoms with Gasteiger partial charge in [-0.3, -0.25) is 0 Å². The van der Waals surface area contributed by atoms with Gasteiger partial charge in [-0.05, 0) is 146 Å². The zero-order valence-corrected chi connectivity index (χ0v) is 31.2. The van der Waals surface area contributed by atoms with Crippen molar-refractivity contribution in [2.75, 3.05) is 19.8 Å². The van der Waals surface area contributed by atoms with Gasteiger partial charge in [0, 0.05) is 12.0 Å². The number of rotatable bonds is 8. The van der Waals surface area contributed by atoms with Crippen LogP contribution in [0.2, 0.25) is 0 Å². The molecule has 50 heavy (non-hydrogen) atoms. The van der Waals surface area contributed by atoms with Crippen molar-refractivity contribution >= 4 is 5.97 Å². The first-order chi connectivity index (χ1) is 23.8. The molecule has 1 aromatic carbocycles. The molecule has 1 saturated heterocycles. The van der Waals surface area contributed by atoms with Crippen molar-refractivity contribution in [1.29, 1.82) is 0 Å². The Hall–Kier alpha value is -2.02. The molecular weight excluding hydrogens is 625 g/mol. The molecule has 0 radical (unpaired) electrons. The van der Waals surface area contributed by atoms with Crippen LogP contribution < -0.4 is 5.32 Å². The summed E-state index contributed by atoms with van der Waals surface area (Å²) in [5.41, 5.74) is 2.21. The van der Waals surface area contributed by atoms with E-state index < -0.39 is 17.2 Å². The number of benzene rings is 1. The molecule has 0 spiro atoms. The maximum Gasteiger partial charge on any atom is 0.344 e. The fraction of sp³-hybridized carbons (Fsp3) is 0.750. The largest absolute Gasteiger partial charge is 0.458 e. The summed E-state index contributed by atoms with van der Waals surface area (Å²) in [6.45, 7) is 12.5. The van der Waals surface area contributed by atoms with Crippen LogP contribution in [0.4, 0.5) is 4.39 Å². The third kappa shape index (κ3) is 5.42. The minimum atomic E-state index is -1.94. The first kappa shape index (κ1) is 35.0. The predicted molar refractivity (Wildman–Crippen MR) is 195 cm³/mol. The third-order valence-electron chi connectivity index (χ3n) is 16.8. The summed E-state index contributed by atoms with van der Waals surface area (Å²) in [5, 5.41) is 14.8. The molecule has 7 aliphatic rings. The molecule has 2 N–H and O–H groups in total. The van der Waals surface area contributed by atoms with E-state index in [4.69, 9.17) is 9.47 Å². The van der Waals surface area contributed by atoms with Crippen molar-refractivity contribution in [3.63, 3.8) is 0 Å². The third-order valence-corrected chi connectivity index (χ3v) is 16.8. The van der Waals surface area contributed by atoms with Gasteiger partial charge in [-0.1, -0.05) is 76.6 Å². The van der Waals surface area contributed by atoms with Crippen molar-refractivity contribution in [1.82, 2.24) is 5.32 Å². The van der Waals surface area contributed by atoms with Crippen LogP contribution in [-0.2, 0) is 20.9 Å². The highest BCUT2D eigenvalue weighted by molar-refractivity contribution is 5.80. The number of halogens is 1. The van der Waals surface area contributed by atoms with E-state index in [0.29, 0.717) is 48.2 Å². The quantitative estimate of drug-likeness (QED) is 0.267. The molecule has 1 aromatic rings. The standard InChI is InChI=1S/C44H62FNO4/c1-30-33(32-14-21-43(45,22-15-32)38(47)50-27-31-9-6-5-7-10-31)16-19-39(2)34(30)17-20-41(4)37(39)13-12-35-36-11-8-18-44(36,24-23-40(35,41)3)46-26-25-42(48)28-49-29-42/h5-7,9-10,14,16,30,34-37,46,48H,8,11-13,15,17-29H2,1-4H3/t30?,34?,35?,36-,37?,39?,40-,41?,43?,44?/m1/s1. The number of esters is 1. The molecule has 5 fully saturated rings. The second-order valence-corrected chi connectivity index (χ2v) is 18.9. The van der Waals surface area contributed by atoms with E-state index in [0.717, 1.165) is 36.8 Å². The molecule has 6 aliphatic carbocycles. The van der Waals surface area contributed by atoms with Gasteiger partial charge in [-0.15, -0.1) is 0 Å². The van der Waals surface area contributed by atoms with E-state index >= 15 is 4.39 Å². The molecule has 1 heterocycles. The van der Waals surface area contributed by atoms with Crippen molar-refractivity contribution < 1.29 is 23.8 Å². The molecule has 8 rings (SSSR count). The Morgan fingerprint density at radius 2 is 1.72 bits per heavy atom. The van der Waals surface area contributed by atoms with Crippen molar-refractivity contribution in [3.8, 4) is 0 Å². The van der Waals surface area contributed by atoms with Gasteiger partial charge in [0.1, 0.15) is 12.2 Å². The molecule has 1 aliphatic heterocycles. The normalized spacial score (nSPS) is 44.7. The maximum atomic E-state index is 15.9. The van der Waals surface area contributed by atoms with Gasteiger partial charge in [0.05, 0.1) is 13.2 Å². The monoisotopic (exact) mass is 687 g/mol. The van der Waals surface area contributed by atoms with Gasteiger partial charge in [-0.2, -0.15) is 0 Å². The van der Waals surface area contributed by atoms with Crippen LogP contribution in [0.1, 0.15) is 123 Å². The second kappa shape index (κ2) is 12.5. The van der Waals surface area contributed by atoms with Gasteiger partial charge in [-0.25, -0.2) is 9.18 Å². The molecule has 10 atom stereocenters. The molecule has 0 amide bonds. The van der Waals surface area contributed by atoms with Gasteiger partial charge in [0.25, 0.3) is 0 Å². The number of carbonyl (C=O) groups excluding carboxylic acids is 1. The average Bonchev–Trinajstić information content (AvgIpc) is 3.52. The molecule has 274 valence electrons. The van der Waals surface area contributed by atoms with E-state index in [9.17, 15) is 9.90 Å². The minimum Gasteiger partial charge on any atom is -0.458 e. The highest BCUT2D eigenvalue weighted by Crippen LogP contribution is 2.75. The Kier molecular flexibility index (Phi) is 8.79. The number of hydrogen-bond acceptors (Lipinski definition) is 5. The summed E-state index contributed by atoms with van der Waals surface area (Å²) in [6, 6.07) is 9.53. The van der Waals surface area contributed by atoms with Crippen LogP contribution in [0.25, 0.3) is 0 Å². The van der Waals surface area contributed by atoms with E-state index in [1.54, 1.807) is 0 Å². The van der Waals surface area contributed by atoms with Gasteiger partial charge >= 0.3 is 5.97 Å². The molecular formula is C44H62FNO4.